The van der Waals surface area contributed by atoms with Crippen LogP contribution in [0.5, 0.6) is 0 Å². The van der Waals surface area contributed by atoms with Crippen LogP contribution in [0, 0.1) is 24.3 Å². The molecule has 0 aliphatic carbocycles. The van der Waals surface area contributed by atoms with E-state index in [0.29, 0.717) is 22.0 Å². The van der Waals surface area contributed by atoms with E-state index in [-0.39, 0.29) is 12.6 Å². The fourth-order valence-electron chi connectivity index (χ4n) is 2.66. The summed E-state index contributed by atoms with van der Waals surface area (Å²) >= 11 is 5.88. The summed E-state index contributed by atoms with van der Waals surface area (Å²) in [5.41, 5.74) is 2.22. The first-order valence-electron chi connectivity index (χ1n) is 8.83. The summed E-state index contributed by atoms with van der Waals surface area (Å²) in [4.78, 5) is 21.0. The van der Waals surface area contributed by atoms with Crippen LogP contribution < -0.4 is 0 Å². The van der Waals surface area contributed by atoms with Gasteiger partial charge in [0.05, 0.1) is 11.0 Å². The van der Waals surface area contributed by atoms with Gasteiger partial charge in [0.25, 0.3) is 0 Å². The maximum atomic E-state index is 12.1. The minimum absolute atomic E-state index is 0.0544. The predicted molar refractivity (Wildman–Crippen MR) is 108 cm³/mol. The van der Waals surface area contributed by atoms with E-state index >= 15 is 0 Å². The fraction of sp³-hybridized carbons (Fsp3) is 0.333. The van der Waals surface area contributed by atoms with E-state index in [9.17, 15) is 9.90 Å². The molecule has 1 unspecified atom stereocenters. The summed E-state index contributed by atoms with van der Waals surface area (Å²) in [6.07, 6.45) is 0.442. The molecule has 0 saturated heterocycles. The number of H-pyrrole nitrogens is 1. The first kappa shape index (κ1) is 20.0. The molecule has 2 heterocycles. The van der Waals surface area contributed by atoms with Crippen LogP contribution in [0.2, 0.25) is 5.02 Å². The van der Waals surface area contributed by atoms with Crippen LogP contribution in [0.25, 0.3) is 0 Å². The van der Waals surface area contributed by atoms with Crippen molar-refractivity contribution in [2.24, 2.45) is 10.4 Å². The molecule has 0 fully saturated rings. The van der Waals surface area contributed by atoms with Gasteiger partial charge in [0, 0.05) is 27.9 Å². The zero-order valence-electron chi connectivity index (χ0n) is 16.2. The number of hydrogen-bond acceptors (Lipinski definition) is 5. The Kier molecular flexibility index (Phi) is 5.50. The van der Waals surface area contributed by atoms with Crippen LogP contribution in [-0.2, 0) is 16.1 Å². The van der Waals surface area contributed by atoms with Crippen molar-refractivity contribution in [2.75, 3.05) is 0 Å². The number of fused-ring (bicyclic) bond motifs is 1. The number of aromatic nitrogens is 1. The van der Waals surface area contributed by atoms with Crippen LogP contribution in [0.15, 0.2) is 29.3 Å². The van der Waals surface area contributed by atoms with Gasteiger partial charge in [0.2, 0.25) is 0 Å². The summed E-state index contributed by atoms with van der Waals surface area (Å²) < 4.78 is 5.43. The van der Waals surface area contributed by atoms with Gasteiger partial charge in [-0.3, -0.25) is 9.69 Å². The van der Waals surface area contributed by atoms with Gasteiger partial charge in [0.15, 0.2) is 6.23 Å². The number of hydrogen-bond donors (Lipinski definition) is 2. The third-order valence-corrected chi connectivity index (χ3v) is 4.56. The van der Waals surface area contributed by atoms with Crippen molar-refractivity contribution in [3.05, 3.63) is 51.7 Å². The molecule has 1 aliphatic heterocycles. The van der Waals surface area contributed by atoms with Gasteiger partial charge in [-0.15, -0.1) is 0 Å². The number of esters is 1. The van der Waals surface area contributed by atoms with Crippen molar-refractivity contribution in [1.29, 1.82) is 0 Å². The molecule has 1 aromatic carbocycles. The van der Waals surface area contributed by atoms with Crippen molar-refractivity contribution >= 4 is 29.7 Å². The molecule has 0 spiro atoms. The smallest absolute Gasteiger partial charge is 0.311 e. The van der Waals surface area contributed by atoms with Crippen molar-refractivity contribution in [3.8, 4) is 12.0 Å². The highest BCUT2D eigenvalue weighted by atomic mass is 35.5. The molecule has 0 amide bonds. The fourth-order valence-corrected chi connectivity index (χ4v) is 2.79. The van der Waals surface area contributed by atoms with Crippen LogP contribution >= 0.6 is 11.6 Å². The average Bonchev–Trinajstić information content (AvgIpc) is 2.95. The third-order valence-electron chi connectivity index (χ3n) is 4.31. The van der Waals surface area contributed by atoms with E-state index in [2.05, 4.69) is 21.9 Å². The maximum Gasteiger partial charge on any atom is 0.311 e. The Bertz CT molecular complexity index is 975. The van der Waals surface area contributed by atoms with Gasteiger partial charge in [-0.1, -0.05) is 11.6 Å². The molecule has 0 radical (unpaired) electrons. The quantitative estimate of drug-likeness (QED) is 0.590. The van der Waals surface area contributed by atoms with Crippen molar-refractivity contribution in [2.45, 2.75) is 40.5 Å². The lowest BCUT2D eigenvalue weighted by Gasteiger charge is -2.24. The number of aliphatic hydroxyl groups is 1. The van der Waals surface area contributed by atoms with Crippen molar-refractivity contribution < 1.29 is 14.6 Å². The first-order chi connectivity index (χ1) is 13.2. The van der Waals surface area contributed by atoms with Crippen LogP contribution in [-0.4, -0.2) is 27.3 Å². The molecule has 2 aromatic rings. The number of carbonyl (C=O) groups excluding carboxylic acids is 1. The van der Waals surface area contributed by atoms with Crippen LogP contribution in [0.4, 0.5) is 5.82 Å². The van der Waals surface area contributed by atoms with E-state index in [0.717, 1.165) is 11.3 Å². The summed E-state index contributed by atoms with van der Waals surface area (Å²) in [5.74, 6) is 3.20. The number of nitrogens with zero attached hydrogens (tertiary/aromatic N) is 2. The second kappa shape index (κ2) is 7.70. The zero-order valence-corrected chi connectivity index (χ0v) is 17.0. The van der Waals surface area contributed by atoms with Crippen LogP contribution in [0.3, 0.4) is 0 Å². The maximum absolute atomic E-state index is 12.1. The Morgan fingerprint density at radius 2 is 2.04 bits per heavy atom. The monoisotopic (exact) mass is 399 g/mol. The topological polar surface area (TPSA) is 77.9 Å². The van der Waals surface area contributed by atoms with Crippen molar-refractivity contribution in [1.82, 2.24) is 9.88 Å². The van der Waals surface area contributed by atoms with Gasteiger partial charge < -0.3 is 14.8 Å². The summed E-state index contributed by atoms with van der Waals surface area (Å²) in [7, 11) is 0. The summed E-state index contributed by atoms with van der Waals surface area (Å²) in [6.45, 7) is 7.29. The van der Waals surface area contributed by atoms with Gasteiger partial charge in [0.1, 0.15) is 18.8 Å². The molecule has 146 valence electrons. The number of benzene rings is 1. The molecular weight excluding hydrogens is 378 g/mol. The van der Waals surface area contributed by atoms with E-state index in [4.69, 9.17) is 16.3 Å². The number of halogens is 1. The molecule has 3 rings (SSSR count). The first-order valence-corrected chi connectivity index (χ1v) is 9.21. The second-order valence-electron chi connectivity index (χ2n) is 7.59. The Hall–Kier alpha value is -2.75. The Labute approximate surface area is 169 Å². The van der Waals surface area contributed by atoms with E-state index in [1.807, 2.05) is 6.92 Å². The molecule has 0 bridgehead atoms. The van der Waals surface area contributed by atoms with E-state index in [1.165, 1.54) is 11.2 Å². The standard InChI is InChI=1S/C21H22ClN3O3/c1-13-16(11-28-20(27)21(2,3)4)17-18(24-13)23-12-25(19(17)26)10-9-14-5-7-15(22)8-6-14/h5-8,12,19,24,26H,11H2,1-4H3. The molecule has 0 saturated carbocycles. The average molecular weight is 400 g/mol. The largest absolute Gasteiger partial charge is 0.460 e. The zero-order chi connectivity index (χ0) is 20.5. The Morgan fingerprint density at radius 3 is 2.68 bits per heavy atom. The number of aliphatic hydroxyl groups excluding tert-OH is 1. The number of aryl methyl sites for hydroxylation is 1. The molecular formula is C21H22ClN3O3. The van der Waals surface area contributed by atoms with Gasteiger partial charge in [-0.2, -0.15) is 0 Å². The molecule has 1 atom stereocenters. The van der Waals surface area contributed by atoms with Gasteiger partial charge >= 0.3 is 5.97 Å². The molecule has 7 heteroatoms. The minimum Gasteiger partial charge on any atom is -0.460 e. The number of rotatable bonds is 2. The van der Waals surface area contributed by atoms with Gasteiger partial charge in [-0.25, -0.2) is 4.99 Å². The highest BCUT2D eigenvalue weighted by Crippen LogP contribution is 2.36. The number of ether oxygens (including phenoxy) is 1. The van der Waals surface area contributed by atoms with Crippen molar-refractivity contribution in [3.63, 3.8) is 0 Å². The third kappa shape index (κ3) is 4.22. The predicted octanol–water partition coefficient (Wildman–Crippen LogP) is 4.04. The number of nitrogens with one attached hydrogen (secondary N) is 1. The van der Waals surface area contributed by atoms with E-state index < -0.39 is 11.6 Å². The number of aromatic amines is 1. The Balaban J connectivity index is 1.82. The highest BCUT2D eigenvalue weighted by Gasteiger charge is 2.30. The summed E-state index contributed by atoms with van der Waals surface area (Å²) in [6, 6.07) is 9.99. The molecule has 1 aromatic heterocycles. The summed E-state index contributed by atoms with van der Waals surface area (Å²) in [5, 5.41) is 11.4. The molecule has 28 heavy (non-hydrogen) atoms. The molecule has 1 aliphatic rings. The lowest BCUT2D eigenvalue weighted by Crippen LogP contribution is -2.26. The number of aliphatic imine (C=N–C) groups is 1. The molecule has 2 N–H and O–H groups in total. The van der Waals surface area contributed by atoms with E-state index in [1.54, 1.807) is 45.0 Å². The highest BCUT2D eigenvalue weighted by molar-refractivity contribution is 6.30. The lowest BCUT2D eigenvalue weighted by atomic mass is 9.97. The van der Waals surface area contributed by atoms with Crippen LogP contribution in [0.1, 0.15) is 49.4 Å². The Morgan fingerprint density at radius 1 is 1.36 bits per heavy atom. The number of carbonyl (C=O) groups is 1. The SMILES string of the molecule is Cc1[nH]c2c(c1COC(=O)C(C)(C)C)C(O)N(C#Cc1ccc(Cl)cc1)C=N2. The van der Waals surface area contributed by atoms with Gasteiger partial charge in [-0.05, 0) is 57.9 Å². The minimum atomic E-state index is -1.03. The lowest BCUT2D eigenvalue weighted by molar-refractivity contribution is -0.154. The molecule has 6 nitrogen and oxygen atoms in total. The normalized spacial score (nSPS) is 15.6. The second-order valence-corrected chi connectivity index (χ2v) is 8.02.